The van der Waals surface area contributed by atoms with Gasteiger partial charge in [-0.05, 0) is 48.8 Å². The van der Waals surface area contributed by atoms with E-state index in [1.54, 1.807) is 17.0 Å². The Morgan fingerprint density at radius 3 is 2.43 bits per heavy atom. The molecule has 1 unspecified atom stereocenters. The van der Waals surface area contributed by atoms with Crippen LogP contribution in [0.15, 0.2) is 48.0 Å². The van der Waals surface area contributed by atoms with Crippen LogP contribution in [0.3, 0.4) is 0 Å². The summed E-state index contributed by atoms with van der Waals surface area (Å²) in [7, 11) is 5.81. The van der Waals surface area contributed by atoms with E-state index in [9.17, 15) is 14.7 Å². The first-order chi connectivity index (χ1) is 16.5. The highest BCUT2D eigenvalue weighted by Crippen LogP contribution is 2.41. The maximum absolute atomic E-state index is 13.3. The van der Waals surface area contributed by atoms with Crippen molar-refractivity contribution < 1.29 is 19.4 Å². The second kappa shape index (κ2) is 9.38. The summed E-state index contributed by atoms with van der Waals surface area (Å²) in [5.41, 5.74) is 3.38. The highest BCUT2D eigenvalue weighted by atomic mass is 16.5. The van der Waals surface area contributed by atoms with Gasteiger partial charge in [-0.2, -0.15) is 0 Å². The summed E-state index contributed by atoms with van der Waals surface area (Å²) in [6, 6.07) is 12.7. The largest absolute Gasteiger partial charge is 0.507 e. The standard InChI is InChI=1S/C28H35N3O4/c1-28(2,3)20-10-7-18(8-11-20)24-23(26(33)27(34)31(24)14-13-29(4)5)25(32)19-9-12-22-21(17-19)30(6)15-16-35-22/h7-12,17,24,32H,13-16H2,1-6H3/b25-23-. The van der Waals surface area contributed by atoms with E-state index < -0.39 is 17.7 Å². The molecule has 2 aromatic carbocycles. The molecule has 1 N–H and O–H groups in total. The molecule has 35 heavy (non-hydrogen) atoms. The van der Waals surface area contributed by atoms with E-state index in [1.807, 2.05) is 61.3 Å². The highest BCUT2D eigenvalue weighted by Gasteiger charge is 2.46. The van der Waals surface area contributed by atoms with Crippen molar-refractivity contribution in [3.05, 3.63) is 64.7 Å². The number of rotatable bonds is 5. The Morgan fingerprint density at radius 2 is 1.80 bits per heavy atom. The van der Waals surface area contributed by atoms with Crippen molar-refractivity contribution in [1.29, 1.82) is 0 Å². The van der Waals surface area contributed by atoms with E-state index in [-0.39, 0.29) is 16.7 Å². The van der Waals surface area contributed by atoms with Gasteiger partial charge in [-0.15, -0.1) is 0 Å². The van der Waals surface area contributed by atoms with E-state index in [4.69, 9.17) is 4.74 Å². The number of hydrogen-bond acceptors (Lipinski definition) is 6. The third-order valence-electron chi connectivity index (χ3n) is 6.75. The van der Waals surface area contributed by atoms with E-state index in [0.29, 0.717) is 25.3 Å². The number of carbonyl (C=O) groups excluding carboxylic acids is 2. The van der Waals surface area contributed by atoms with Crippen molar-refractivity contribution in [2.24, 2.45) is 0 Å². The van der Waals surface area contributed by atoms with Gasteiger partial charge in [-0.1, -0.05) is 45.0 Å². The molecular weight excluding hydrogens is 442 g/mol. The number of Topliss-reactive ketones (excluding diaryl/α,β-unsaturated/α-hetero) is 1. The molecule has 2 aromatic rings. The number of amides is 1. The van der Waals surface area contributed by atoms with Gasteiger partial charge in [0.2, 0.25) is 0 Å². The van der Waals surface area contributed by atoms with Gasteiger partial charge in [0.1, 0.15) is 18.1 Å². The minimum atomic E-state index is -0.659. The first-order valence-corrected chi connectivity index (χ1v) is 12.0. The molecule has 0 bridgehead atoms. The lowest BCUT2D eigenvalue weighted by Gasteiger charge is -2.29. The summed E-state index contributed by atoms with van der Waals surface area (Å²) < 4.78 is 5.72. The van der Waals surface area contributed by atoms with Gasteiger partial charge in [-0.25, -0.2) is 0 Å². The van der Waals surface area contributed by atoms with Crippen LogP contribution in [0.1, 0.15) is 43.5 Å². The van der Waals surface area contributed by atoms with E-state index >= 15 is 0 Å². The third kappa shape index (κ3) is 4.78. The third-order valence-corrected chi connectivity index (χ3v) is 6.75. The molecule has 7 nitrogen and oxygen atoms in total. The van der Waals surface area contributed by atoms with Gasteiger partial charge in [0, 0.05) is 25.7 Å². The van der Waals surface area contributed by atoms with Gasteiger partial charge in [-0.3, -0.25) is 9.59 Å². The minimum Gasteiger partial charge on any atom is -0.507 e. The lowest BCUT2D eigenvalue weighted by Crippen LogP contribution is -2.35. The predicted molar refractivity (Wildman–Crippen MR) is 138 cm³/mol. The van der Waals surface area contributed by atoms with Crippen LogP contribution in [-0.2, 0) is 15.0 Å². The number of carbonyl (C=O) groups is 2. The SMILES string of the molecule is CN(C)CCN1C(=O)C(=O)/C(=C(\O)c2ccc3c(c2)N(C)CCO3)C1c1ccc(C(C)(C)C)cc1. The Bertz CT molecular complexity index is 1160. The number of ketones is 1. The molecule has 1 atom stereocenters. The first-order valence-electron chi connectivity index (χ1n) is 12.0. The van der Waals surface area contributed by atoms with Crippen LogP contribution in [0, 0.1) is 0 Å². The maximum Gasteiger partial charge on any atom is 0.295 e. The molecule has 4 rings (SSSR count). The Kier molecular flexibility index (Phi) is 6.64. The lowest BCUT2D eigenvalue weighted by molar-refractivity contribution is -0.140. The van der Waals surface area contributed by atoms with E-state index in [0.717, 1.165) is 29.1 Å². The molecule has 7 heteroatoms. The quantitative estimate of drug-likeness (QED) is 0.401. The molecule has 2 heterocycles. The Balaban J connectivity index is 1.83. The van der Waals surface area contributed by atoms with Crippen molar-refractivity contribution in [3.63, 3.8) is 0 Å². The van der Waals surface area contributed by atoms with Crippen LogP contribution in [-0.4, -0.2) is 74.0 Å². The minimum absolute atomic E-state index is 0.0253. The molecular formula is C28H35N3O4. The van der Waals surface area contributed by atoms with Crippen LogP contribution in [0.25, 0.3) is 5.76 Å². The average molecular weight is 478 g/mol. The Morgan fingerprint density at radius 1 is 1.11 bits per heavy atom. The second-order valence-electron chi connectivity index (χ2n) is 10.6. The molecule has 0 radical (unpaired) electrons. The number of likely N-dealkylation sites (tertiary alicyclic amines) is 1. The number of likely N-dealkylation sites (N-methyl/N-ethyl adjacent to an activating group) is 2. The number of aliphatic hydroxyl groups excluding tert-OH is 1. The topological polar surface area (TPSA) is 73.3 Å². The lowest BCUT2D eigenvalue weighted by atomic mass is 9.85. The summed E-state index contributed by atoms with van der Waals surface area (Å²) in [5, 5.41) is 11.4. The predicted octanol–water partition coefficient (Wildman–Crippen LogP) is 3.80. The van der Waals surface area contributed by atoms with Crippen LogP contribution in [0.2, 0.25) is 0 Å². The van der Waals surface area contributed by atoms with Gasteiger partial charge < -0.3 is 24.5 Å². The molecule has 0 spiro atoms. The van der Waals surface area contributed by atoms with Gasteiger partial charge in [0.05, 0.1) is 23.8 Å². The summed E-state index contributed by atoms with van der Waals surface area (Å²) >= 11 is 0. The second-order valence-corrected chi connectivity index (χ2v) is 10.6. The maximum atomic E-state index is 13.3. The number of benzene rings is 2. The van der Waals surface area contributed by atoms with E-state index in [2.05, 4.69) is 20.8 Å². The summed E-state index contributed by atoms with van der Waals surface area (Å²) in [5.74, 6) is -0.677. The van der Waals surface area contributed by atoms with Crippen LogP contribution in [0.5, 0.6) is 5.75 Å². The van der Waals surface area contributed by atoms with E-state index in [1.165, 1.54) is 0 Å². The number of anilines is 1. The van der Waals surface area contributed by atoms with Crippen molar-refractivity contribution >= 4 is 23.1 Å². The Hall–Kier alpha value is -3.32. The van der Waals surface area contributed by atoms with Crippen molar-refractivity contribution in [3.8, 4) is 5.75 Å². The summed E-state index contributed by atoms with van der Waals surface area (Å²) in [6.45, 7) is 8.72. The number of fused-ring (bicyclic) bond motifs is 1. The van der Waals surface area contributed by atoms with Crippen LogP contribution in [0.4, 0.5) is 5.69 Å². The van der Waals surface area contributed by atoms with Crippen molar-refractivity contribution in [1.82, 2.24) is 9.80 Å². The fourth-order valence-corrected chi connectivity index (χ4v) is 4.58. The van der Waals surface area contributed by atoms with Gasteiger partial charge in [0.25, 0.3) is 11.7 Å². The Labute approximate surface area is 207 Å². The molecule has 0 aliphatic carbocycles. The van der Waals surface area contributed by atoms with Crippen LogP contribution >= 0.6 is 0 Å². The first kappa shape index (κ1) is 24.8. The fraction of sp³-hybridized carbons (Fsp3) is 0.429. The zero-order valence-corrected chi connectivity index (χ0v) is 21.5. The number of aliphatic hydroxyl groups is 1. The summed E-state index contributed by atoms with van der Waals surface area (Å²) in [6.07, 6.45) is 0. The molecule has 2 aliphatic rings. The summed E-state index contributed by atoms with van der Waals surface area (Å²) in [4.78, 5) is 32.0. The molecule has 2 aliphatic heterocycles. The number of hydrogen-bond donors (Lipinski definition) is 1. The smallest absolute Gasteiger partial charge is 0.295 e. The monoisotopic (exact) mass is 477 g/mol. The fourth-order valence-electron chi connectivity index (χ4n) is 4.58. The molecule has 0 aromatic heterocycles. The molecule has 186 valence electrons. The zero-order valence-electron chi connectivity index (χ0n) is 21.5. The molecule has 1 amide bonds. The van der Waals surface area contributed by atoms with Crippen molar-refractivity contribution in [2.75, 3.05) is 52.3 Å². The number of nitrogens with zero attached hydrogens (tertiary/aromatic N) is 3. The van der Waals surface area contributed by atoms with Gasteiger partial charge in [0.15, 0.2) is 0 Å². The molecule has 0 saturated carbocycles. The number of ether oxygens (including phenoxy) is 1. The molecule has 1 fully saturated rings. The van der Waals surface area contributed by atoms with Gasteiger partial charge >= 0.3 is 0 Å². The van der Waals surface area contributed by atoms with Crippen LogP contribution < -0.4 is 9.64 Å². The average Bonchev–Trinajstić information content (AvgIpc) is 3.06. The highest BCUT2D eigenvalue weighted by molar-refractivity contribution is 6.46. The molecule has 1 saturated heterocycles. The normalized spacial score (nSPS) is 19.8. The van der Waals surface area contributed by atoms with Crippen molar-refractivity contribution in [2.45, 2.75) is 32.2 Å². The zero-order chi connectivity index (χ0) is 25.5.